The highest BCUT2D eigenvalue weighted by atomic mass is 16.4. The predicted molar refractivity (Wildman–Crippen MR) is 43.5 cm³/mol. The Hall–Kier alpha value is -0.120. The fourth-order valence-electron chi connectivity index (χ4n) is 2.48. The van der Waals surface area contributed by atoms with Gasteiger partial charge in [0.15, 0.2) is 0 Å². The maximum Gasteiger partial charge on any atom is 0.120 e. The second-order valence-corrected chi connectivity index (χ2v) is 4.58. The summed E-state index contributed by atoms with van der Waals surface area (Å²) in [5.74, 6) is 0.247. The van der Waals surface area contributed by atoms with Crippen LogP contribution in [0.15, 0.2) is 0 Å². The first-order chi connectivity index (χ1) is 5.42. The molecule has 5 atom stereocenters. The molecule has 0 heterocycles. The van der Waals surface area contributed by atoms with Crippen molar-refractivity contribution in [2.75, 3.05) is 0 Å². The number of aliphatic hydroxyl groups excluding tert-OH is 1. The van der Waals surface area contributed by atoms with Gasteiger partial charge in [0, 0.05) is 0 Å². The molecule has 0 spiro atoms. The summed E-state index contributed by atoms with van der Waals surface area (Å²) in [5, 5.41) is 29.3. The van der Waals surface area contributed by atoms with Gasteiger partial charge < -0.3 is 15.3 Å². The monoisotopic (exact) mass is 172 g/mol. The van der Waals surface area contributed by atoms with E-state index in [9.17, 15) is 15.3 Å². The Morgan fingerprint density at radius 3 is 1.83 bits per heavy atom. The van der Waals surface area contributed by atoms with Crippen molar-refractivity contribution in [2.24, 2.45) is 11.8 Å². The summed E-state index contributed by atoms with van der Waals surface area (Å²) in [6.07, 6.45) is 0.398. The van der Waals surface area contributed by atoms with E-state index >= 15 is 0 Å². The summed E-state index contributed by atoms with van der Waals surface area (Å²) in [4.78, 5) is 0. The van der Waals surface area contributed by atoms with Crippen LogP contribution in [0.25, 0.3) is 0 Å². The standard InChI is InChI=1S/C9H16O3/c1-5-3-9(12,7(5)10)8(11)4-6(8)2/h5-7,10-12H,3-4H2,1-2H3. The van der Waals surface area contributed by atoms with Gasteiger partial charge in [0.05, 0.1) is 11.7 Å². The van der Waals surface area contributed by atoms with Crippen molar-refractivity contribution in [1.29, 1.82) is 0 Å². The van der Waals surface area contributed by atoms with Gasteiger partial charge in [-0.3, -0.25) is 0 Å². The van der Waals surface area contributed by atoms with Crippen LogP contribution < -0.4 is 0 Å². The fraction of sp³-hybridized carbons (Fsp3) is 1.00. The van der Waals surface area contributed by atoms with Gasteiger partial charge in [0.1, 0.15) is 5.60 Å². The molecular formula is C9H16O3. The van der Waals surface area contributed by atoms with Crippen LogP contribution in [-0.2, 0) is 0 Å². The average molecular weight is 172 g/mol. The van der Waals surface area contributed by atoms with Gasteiger partial charge in [-0.05, 0) is 24.7 Å². The minimum absolute atomic E-state index is 0.117. The molecule has 2 aliphatic rings. The molecule has 70 valence electrons. The number of hydrogen-bond donors (Lipinski definition) is 3. The molecule has 0 aliphatic heterocycles. The third-order valence-electron chi connectivity index (χ3n) is 3.68. The molecular weight excluding hydrogens is 156 g/mol. The lowest BCUT2D eigenvalue weighted by Crippen LogP contribution is -2.66. The Balaban J connectivity index is 2.14. The van der Waals surface area contributed by atoms with Crippen LogP contribution in [0.2, 0.25) is 0 Å². The smallest absolute Gasteiger partial charge is 0.120 e. The quantitative estimate of drug-likeness (QED) is 0.517. The van der Waals surface area contributed by atoms with E-state index in [2.05, 4.69) is 0 Å². The van der Waals surface area contributed by atoms with Crippen LogP contribution in [-0.4, -0.2) is 32.6 Å². The van der Waals surface area contributed by atoms with Crippen LogP contribution in [0.3, 0.4) is 0 Å². The topological polar surface area (TPSA) is 60.7 Å². The second-order valence-electron chi connectivity index (χ2n) is 4.58. The van der Waals surface area contributed by atoms with E-state index < -0.39 is 17.3 Å². The summed E-state index contributed by atoms with van der Waals surface area (Å²) in [6.45, 7) is 3.78. The van der Waals surface area contributed by atoms with Crippen molar-refractivity contribution < 1.29 is 15.3 Å². The molecule has 3 N–H and O–H groups in total. The molecule has 3 nitrogen and oxygen atoms in total. The van der Waals surface area contributed by atoms with Crippen molar-refractivity contribution >= 4 is 0 Å². The van der Waals surface area contributed by atoms with Crippen LogP contribution >= 0.6 is 0 Å². The molecule has 0 radical (unpaired) electrons. The molecule has 2 rings (SSSR count). The molecule has 0 aromatic rings. The zero-order chi connectivity index (χ0) is 9.15. The lowest BCUT2D eigenvalue weighted by Gasteiger charge is -2.51. The van der Waals surface area contributed by atoms with Crippen LogP contribution in [0.1, 0.15) is 26.7 Å². The number of aliphatic hydroxyl groups is 3. The van der Waals surface area contributed by atoms with E-state index in [0.717, 1.165) is 0 Å². The Morgan fingerprint density at radius 2 is 1.58 bits per heavy atom. The molecule has 2 fully saturated rings. The lowest BCUT2D eigenvalue weighted by atomic mass is 9.64. The first kappa shape index (κ1) is 8.48. The molecule has 0 aromatic heterocycles. The van der Waals surface area contributed by atoms with E-state index in [1.165, 1.54) is 0 Å². The molecule has 0 amide bonds. The van der Waals surface area contributed by atoms with Gasteiger partial charge >= 0.3 is 0 Å². The summed E-state index contributed by atoms with van der Waals surface area (Å²) in [7, 11) is 0. The zero-order valence-electron chi connectivity index (χ0n) is 7.49. The first-order valence-corrected chi connectivity index (χ1v) is 4.54. The van der Waals surface area contributed by atoms with Crippen molar-refractivity contribution in [2.45, 2.75) is 44.0 Å². The number of rotatable bonds is 1. The second kappa shape index (κ2) is 2.03. The van der Waals surface area contributed by atoms with E-state index in [4.69, 9.17) is 0 Å². The molecule has 0 aromatic carbocycles. The van der Waals surface area contributed by atoms with E-state index in [-0.39, 0.29) is 11.8 Å². The van der Waals surface area contributed by atoms with Gasteiger partial charge in [-0.25, -0.2) is 0 Å². The largest absolute Gasteiger partial charge is 0.390 e. The van der Waals surface area contributed by atoms with Crippen LogP contribution in [0.5, 0.6) is 0 Å². The lowest BCUT2D eigenvalue weighted by molar-refractivity contribution is -0.243. The zero-order valence-corrected chi connectivity index (χ0v) is 7.49. The van der Waals surface area contributed by atoms with Crippen molar-refractivity contribution in [3.8, 4) is 0 Å². The third kappa shape index (κ3) is 0.721. The highest BCUT2D eigenvalue weighted by Gasteiger charge is 2.71. The minimum atomic E-state index is -1.22. The van der Waals surface area contributed by atoms with Gasteiger partial charge in [-0.2, -0.15) is 0 Å². The van der Waals surface area contributed by atoms with Gasteiger partial charge in [-0.1, -0.05) is 13.8 Å². The molecule has 0 saturated heterocycles. The Labute approximate surface area is 72.0 Å². The van der Waals surface area contributed by atoms with Gasteiger partial charge in [0.2, 0.25) is 0 Å². The molecule has 0 bridgehead atoms. The normalized spacial score (nSPS) is 64.2. The molecule has 3 heteroatoms. The van der Waals surface area contributed by atoms with Gasteiger partial charge in [0.25, 0.3) is 0 Å². The van der Waals surface area contributed by atoms with E-state index in [0.29, 0.717) is 12.8 Å². The molecule has 5 unspecified atom stereocenters. The third-order valence-corrected chi connectivity index (χ3v) is 3.68. The Bertz CT molecular complexity index is 218. The van der Waals surface area contributed by atoms with Crippen molar-refractivity contribution in [3.63, 3.8) is 0 Å². The summed E-state index contributed by atoms with van der Waals surface area (Å²) < 4.78 is 0. The highest BCUT2D eigenvalue weighted by molar-refractivity contribution is 5.22. The Morgan fingerprint density at radius 1 is 1.08 bits per heavy atom. The fourth-order valence-corrected chi connectivity index (χ4v) is 2.48. The SMILES string of the molecule is CC1CC(O)(C2(O)CC2C)C1O. The predicted octanol–water partition coefficient (Wildman–Crippen LogP) is -0.111. The van der Waals surface area contributed by atoms with Crippen LogP contribution in [0.4, 0.5) is 0 Å². The molecule has 2 aliphatic carbocycles. The maximum atomic E-state index is 9.92. The van der Waals surface area contributed by atoms with E-state index in [1.807, 2.05) is 13.8 Å². The Kier molecular flexibility index (Phi) is 1.43. The van der Waals surface area contributed by atoms with Crippen molar-refractivity contribution in [1.82, 2.24) is 0 Å². The average Bonchev–Trinajstić information content (AvgIpc) is 2.61. The van der Waals surface area contributed by atoms with E-state index in [1.54, 1.807) is 0 Å². The number of hydrogen-bond acceptors (Lipinski definition) is 3. The molecule has 12 heavy (non-hydrogen) atoms. The maximum absolute atomic E-state index is 9.92. The van der Waals surface area contributed by atoms with Crippen LogP contribution in [0, 0.1) is 11.8 Å². The minimum Gasteiger partial charge on any atom is -0.390 e. The molecule has 2 saturated carbocycles. The summed E-state index contributed by atoms with van der Waals surface area (Å²) in [6, 6.07) is 0. The first-order valence-electron chi connectivity index (χ1n) is 4.54. The summed E-state index contributed by atoms with van der Waals surface area (Å²) in [5.41, 5.74) is -2.22. The van der Waals surface area contributed by atoms with Crippen molar-refractivity contribution in [3.05, 3.63) is 0 Å². The summed E-state index contributed by atoms with van der Waals surface area (Å²) >= 11 is 0. The highest BCUT2D eigenvalue weighted by Crippen LogP contribution is 2.59. The van der Waals surface area contributed by atoms with Gasteiger partial charge in [-0.15, -0.1) is 0 Å².